The molecule has 4 rings (SSSR count). The second-order valence-electron chi connectivity index (χ2n) is 7.28. The summed E-state index contributed by atoms with van der Waals surface area (Å²) in [6, 6.07) is 12.5. The lowest BCUT2D eigenvalue weighted by Gasteiger charge is -2.13. The minimum absolute atomic E-state index is 0.0213. The van der Waals surface area contributed by atoms with E-state index in [1.807, 2.05) is 6.92 Å². The van der Waals surface area contributed by atoms with E-state index in [0.29, 0.717) is 22.5 Å². The number of rotatable bonds is 6. The summed E-state index contributed by atoms with van der Waals surface area (Å²) in [7, 11) is 0. The van der Waals surface area contributed by atoms with Crippen LogP contribution in [-0.4, -0.2) is 45.6 Å². The molecule has 0 unspecified atom stereocenters. The van der Waals surface area contributed by atoms with Crippen molar-refractivity contribution in [2.24, 2.45) is 0 Å². The van der Waals surface area contributed by atoms with Crippen molar-refractivity contribution in [2.75, 3.05) is 13.2 Å². The van der Waals surface area contributed by atoms with Gasteiger partial charge in [-0.25, -0.2) is 13.9 Å². The number of hydrogen-bond acceptors (Lipinski definition) is 5. The molecule has 32 heavy (non-hydrogen) atoms. The van der Waals surface area contributed by atoms with E-state index >= 15 is 0 Å². The monoisotopic (exact) mass is 433 g/mol. The summed E-state index contributed by atoms with van der Waals surface area (Å²) < 4.78 is 20.0. The first-order valence-corrected chi connectivity index (χ1v) is 9.99. The molecule has 0 radical (unpaired) electrons. The molecule has 2 heterocycles. The van der Waals surface area contributed by atoms with Crippen molar-refractivity contribution in [3.8, 4) is 5.69 Å². The first kappa shape index (κ1) is 21.2. The molecule has 0 bridgehead atoms. The Morgan fingerprint density at radius 3 is 2.28 bits per heavy atom. The number of aryl methyl sites for hydroxylation is 1. The molecule has 162 valence electrons. The van der Waals surface area contributed by atoms with E-state index in [1.165, 1.54) is 18.2 Å². The fourth-order valence-electron chi connectivity index (χ4n) is 3.61. The summed E-state index contributed by atoms with van der Waals surface area (Å²) in [5, 5.41) is 4.45. The topological polar surface area (TPSA) is 81.5 Å². The van der Waals surface area contributed by atoms with Gasteiger partial charge in [-0.15, -0.1) is 0 Å². The van der Waals surface area contributed by atoms with Crippen molar-refractivity contribution in [2.45, 2.75) is 13.8 Å². The number of ether oxygens (including phenoxy) is 1. The third-order valence-corrected chi connectivity index (χ3v) is 5.24. The number of imide groups is 1. The number of benzene rings is 2. The molecular weight excluding hydrogens is 413 g/mol. The van der Waals surface area contributed by atoms with E-state index in [0.717, 1.165) is 16.2 Å². The fourth-order valence-corrected chi connectivity index (χ4v) is 3.61. The smallest absolute Gasteiger partial charge is 0.330 e. The van der Waals surface area contributed by atoms with Crippen LogP contribution < -0.4 is 0 Å². The first-order valence-electron chi connectivity index (χ1n) is 9.99. The van der Waals surface area contributed by atoms with Gasteiger partial charge in [0.1, 0.15) is 12.4 Å². The number of halogens is 1. The van der Waals surface area contributed by atoms with Crippen LogP contribution in [0.3, 0.4) is 0 Å². The molecule has 7 nitrogen and oxygen atoms in total. The van der Waals surface area contributed by atoms with Crippen molar-refractivity contribution >= 4 is 23.9 Å². The van der Waals surface area contributed by atoms with Crippen molar-refractivity contribution in [1.82, 2.24) is 14.7 Å². The molecule has 0 saturated heterocycles. The molecule has 2 aromatic carbocycles. The Balaban J connectivity index is 1.37. The van der Waals surface area contributed by atoms with Crippen LogP contribution in [0.1, 0.15) is 37.7 Å². The molecule has 1 aromatic heterocycles. The number of hydrogen-bond donors (Lipinski definition) is 0. The maximum atomic E-state index is 13.2. The largest absolute Gasteiger partial charge is 0.461 e. The molecule has 0 fully saturated rings. The normalized spacial score (nSPS) is 13.2. The second kappa shape index (κ2) is 8.58. The average molecular weight is 433 g/mol. The van der Waals surface area contributed by atoms with E-state index in [9.17, 15) is 18.8 Å². The molecule has 8 heteroatoms. The van der Waals surface area contributed by atoms with Gasteiger partial charge in [-0.2, -0.15) is 5.10 Å². The van der Waals surface area contributed by atoms with Crippen LogP contribution in [-0.2, 0) is 9.53 Å². The summed E-state index contributed by atoms with van der Waals surface area (Å²) in [6.07, 6.45) is 2.87. The van der Waals surface area contributed by atoms with E-state index in [1.54, 1.807) is 54.1 Å². The molecule has 0 atom stereocenters. The van der Waals surface area contributed by atoms with Crippen molar-refractivity contribution in [1.29, 1.82) is 0 Å². The number of nitrogens with zero attached hydrogens (tertiary/aromatic N) is 3. The number of esters is 1. The fraction of sp³-hybridized carbons (Fsp3) is 0.167. The highest BCUT2D eigenvalue weighted by atomic mass is 19.1. The van der Waals surface area contributed by atoms with Gasteiger partial charge in [-0.1, -0.05) is 12.1 Å². The van der Waals surface area contributed by atoms with Crippen molar-refractivity contribution in [3.05, 3.63) is 88.5 Å². The number of amides is 2. The number of carbonyl (C=O) groups is 3. The summed E-state index contributed by atoms with van der Waals surface area (Å²) >= 11 is 0. The molecule has 2 amide bonds. The van der Waals surface area contributed by atoms with Gasteiger partial charge in [0.05, 0.1) is 29.1 Å². The molecular formula is C24H20FN3O4. The van der Waals surface area contributed by atoms with Crippen molar-refractivity contribution in [3.63, 3.8) is 0 Å². The molecule has 0 saturated carbocycles. The molecule has 0 N–H and O–H groups in total. The van der Waals surface area contributed by atoms with Gasteiger partial charge >= 0.3 is 5.97 Å². The maximum Gasteiger partial charge on any atom is 0.330 e. The minimum atomic E-state index is -0.602. The summed E-state index contributed by atoms with van der Waals surface area (Å²) in [6.45, 7) is 3.52. The second-order valence-corrected chi connectivity index (χ2v) is 7.28. The molecule has 1 aliphatic heterocycles. The van der Waals surface area contributed by atoms with E-state index < -0.39 is 17.8 Å². The highest BCUT2D eigenvalue weighted by Crippen LogP contribution is 2.22. The van der Waals surface area contributed by atoms with Crippen LogP contribution in [0.2, 0.25) is 0 Å². The average Bonchev–Trinajstić information content (AvgIpc) is 3.20. The van der Waals surface area contributed by atoms with Crippen LogP contribution in [0.15, 0.2) is 54.6 Å². The van der Waals surface area contributed by atoms with Crippen LogP contribution in [0.5, 0.6) is 0 Å². The Morgan fingerprint density at radius 1 is 1.03 bits per heavy atom. The Hall–Kier alpha value is -4.07. The standard InChI is InChI=1S/C24H20FN3O4/c1-15-19(16(2)28(26-15)18-9-7-17(25)8-10-18)11-12-22(29)32-14-13-27-23(30)20-5-3-4-6-21(20)24(27)31/h3-12H,13-14H2,1-2H3/b12-11+. The van der Waals surface area contributed by atoms with Crippen LogP contribution in [0.4, 0.5) is 4.39 Å². The zero-order valence-electron chi connectivity index (χ0n) is 17.5. The molecule has 0 spiro atoms. The zero-order valence-corrected chi connectivity index (χ0v) is 17.5. The minimum Gasteiger partial charge on any atom is -0.461 e. The van der Waals surface area contributed by atoms with Crippen LogP contribution in [0.25, 0.3) is 11.8 Å². The molecule has 3 aromatic rings. The summed E-state index contributed by atoms with van der Waals surface area (Å²) in [5.74, 6) is -1.72. The highest BCUT2D eigenvalue weighted by Gasteiger charge is 2.34. The molecule has 1 aliphatic rings. The Kier molecular flexibility index (Phi) is 5.68. The van der Waals surface area contributed by atoms with Crippen LogP contribution >= 0.6 is 0 Å². The third kappa shape index (κ3) is 3.94. The maximum absolute atomic E-state index is 13.2. The first-order chi connectivity index (χ1) is 15.4. The predicted molar refractivity (Wildman–Crippen MR) is 115 cm³/mol. The lowest BCUT2D eigenvalue weighted by Crippen LogP contribution is -2.33. The van der Waals surface area contributed by atoms with Gasteiger partial charge in [0, 0.05) is 17.3 Å². The highest BCUT2D eigenvalue weighted by molar-refractivity contribution is 6.21. The molecule has 0 aliphatic carbocycles. The number of aromatic nitrogens is 2. The van der Waals surface area contributed by atoms with Crippen molar-refractivity contribution < 1.29 is 23.5 Å². The Morgan fingerprint density at radius 2 is 1.66 bits per heavy atom. The lowest BCUT2D eigenvalue weighted by atomic mass is 10.1. The van der Waals surface area contributed by atoms with Gasteiger partial charge in [0.25, 0.3) is 11.8 Å². The SMILES string of the molecule is Cc1nn(-c2ccc(F)cc2)c(C)c1/C=C/C(=O)OCCN1C(=O)c2ccccc2C1=O. The van der Waals surface area contributed by atoms with Gasteiger partial charge in [0.15, 0.2) is 0 Å². The van der Waals surface area contributed by atoms with Crippen LogP contribution in [0, 0.1) is 19.7 Å². The zero-order chi connectivity index (χ0) is 22.8. The predicted octanol–water partition coefficient (Wildman–Crippen LogP) is 3.48. The van der Waals surface area contributed by atoms with Gasteiger partial charge < -0.3 is 4.74 Å². The lowest BCUT2D eigenvalue weighted by molar-refractivity contribution is -0.137. The Labute approximate surface area is 183 Å². The number of carbonyl (C=O) groups excluding carboxylic acids is 3. The van der Waals surface area contributed by atoms with Gasteiger partial charge in [0.2, 0.25) is 0 Å². The quantitative estimate of drug-likeness (QED) is 0.338. The third-order valence-electron chi connectivity index (χ3n) is 5.24. The van der Waals surface area contributed by atoms with Gasteiger partial charge in [-0.05, 0) is 56.3 Å². The Bertz CT molecular complexity index is 1210. The number of fused-ring (bicyclic) bond motifs is 1. The van der Waals surface area contributed by atoms with E-state index in [-0.39, 0.29) is 19.0 Å². The van der Waals surface area contributed by atoms with E-state index in [4.69, 9.17) is 4.74 Å². The summed E-state index contributed by atoms with van der Waals surface area (Å²) in [4.78, 5) is 37.9. The van der Waals surface area contributed by atoms with Gasteiger partial charge in [-0.3, -0.25) is 14.5 Å². The summed E-state index contributed by atoms with van der Waals surface area (Å²) in [5.41, 5.74) is 3.63. The van der Waals surface area contributed by atoms with E-state index in [2.05, 4.69) is 5.10 Å².